The molecule has 0 aliphatic carbocycles. The molecule has 19 heavy (non-hydrogen) atoms. The van der Waals surface area contributed by atoms with E-state index in [9.17, 15) is 8.42 Å². The molecule has 1 aromatic heterocycles. The van der Waals surface area contributed by atoms with Crippen molar-refractivity contribution in [3.05, 3.63) is 11.9 Å². The van der Waals surface area contributed by atoms with Gasteiger partial charge in [0, 0.05) is 12.8 Å². The first-order chi connectivity index (χ1) is 8.81. The number of benzene rings is 1. The monoisotopic (exact) mass is 283 g/mol. The van der Waals surface area contributed by atoms with Gasteiger partial charge in [0.1, 0.15) is 16.4 Å². The van der Waals surface area contributed by atoms with Gasteiger partial charge < -0.3 is 15.0 Å². The van der Waals surface area contributed by atoms with Crippen molar-refractivity contribution in [1.82, 2.24) is 9.55 Å². The highest BCUT2D eigenvalue weighted by Gasteiger charge is 2.22. The number of hydrogen-bond donors (Lipinski definition) is 1. The Morgan fingerprint density at radius 1 is 1.47 bits per heavy atom. The maximum Gasteiger partial charge on any atom is 0.179 e. The molecule has 0 amide bonds. The Morgan fingerprint density at radius 2 is 2.11 bits per heavy atom. The summed E-state index contributed by atoms with van der Waals surface area (Å²) < 4.78 is 30.7. The minimum Gasteiger partial charge on any atom is -0.493 e. The molecule has 0 bridgehead atoms. The van der Waals surface area contributed by atoms with E-state index in [1.54, 1.807) is 0 Å². The normalized spacial score (nSPS) is 12.0. The summed E-state index contributed by atoms with van der Waals surface area (Å²) in [7, 11) is -2.02. The zero-order valence-electron chi connectivity index (χ0n) is 11.4. The number of anilines is 1. The number of nitrogen functional groups attached to an aromatic ring is 1. The maximum atomic E-state index is 11.8. The number of nitrogens with two attached hydrogens (primary N) is 1. The van der Waals surface area contributed by atoms with Gasteiger partial charge in [-0.3, -0.25) is 0 Å². The van der Waals surface area contributed by atoms with E-state index in [-0.39, 0.29) is 10.6 Å². The molecular formula is C12H17N3O3S. The maximum absolute atomic E-state index is 11.8. The first-order valence-electron chi connectivity index (χ1n) is 5.84. The Labute approximate surface area is 112 Å². The van der Waals surface area contributed by atoms with Crippen LogP contribution in [-0.2, 0) is 16.4 Å². The molecule has 2 aromatic rings. The second kappa shape index (κ2) is 4.41. The number of hydrogen-bond acceptors (Lipinski definition) is 5. The number of imidazole rings is 1. The zero-order chi connectivity index (χ0) is 14.4. The number of fused-ring (bicyclic) bond motifs is 1. The van der Waals surface area contributed by atoms with Crippen LogP contribution >= 0.6 is 0 Å². The summed E-state index contributed by atoms with van der Waals surface area (Å²) in [5.74, 6) is 0.974. The summed E-state index contributed by atoms with van der Waals surface area (Å²) in [5.41, 5.74) is 7.65. The molecule has 0 fully saturated rings. The highest BCUT2D eigenvalue weighted by atomic mass is 32.2. The van der Waals surface area contributed by atoms with Gasteiger partial charge >= 0.3 is 0 Å². The Bertz CT molecular complexity index is 747. The van der Waals surface area contributed by atoms with Crippen LogP contribution in [0.1, 0.15) is 12.7 Å². The minimum absolute atomic E-state index is 0.0701. The molecule has 0 aliphatic heterocycles. The second-order valence-electron chi connectivity index (χ2n) is 4.36. The molecule has 0 atom stereocenters. The molecule has 2 N–H and O–H groups in total. The van der Waals surface area contributed by atoms with E-state index in [0.717, 1.165) is 12.1 Å². The van der Waals surface area contributed by atoms with E-state index in [0.29, 0.717) is 23.3 Å². The van der Waals surface area contributed by atoms with Crippen LogP contribution in [0.15, 0.2) is 11.0 Å². The third kappa shape index (κ3) is 2.03. The van der Waals surface area contributed by atoms with Gasteiger partial charge in [0.25, 0.3) is 0 Å². The lowest BCUT2D eigenvalue weighted by atomic mass is 10.2. The molecule has 2 rings (SSSR count). The van der Waals surface area contributed by atoms with E-state index < -0.39 is 9.84 Å². The first kappa shape index (κ1) is 13.7. The van der Waals surface area contributed by atoms with Gasteiger partial charge in [0.15, 0.2) is 15.6 Å². The lowest BCUT2D eigenvalue weighted by Gasteiger charge is -2.12. The number of rotatable bonds is 3. The number of aryl methyl sites for hydroxylation is 2. The van der Waals surface area contributed by atoms with Crippen LogP contribution in [0.2, 0.25) is 0 Å². The van der Waals surface area contributed by atoms with Crippen LogP contribution in [0, 0.1) is 6.92 Å². The standard InChI is InChI=1S/C12H17N3O3S/c1-5-15-7(2)14-8-6-9(19(4,16)17)12(18-3)10(13)11(8)15/h6H,5,13H2,1-4H3. The molecule has 7 heteroatoms. The van der Waals surface area contributed by atoms with Crippen molar-refractivity contribution >= 4 is 26.6 Å². The summed E-state index contributed by atoms with van der Waals surface area (Å²) in [5, 5.41) is 0. The van der Waals surface area contributed by atoms with Crippen LogP contribution in [0.5, 0.6) is 5.75 Å². The highest BCUT2D eigenvalue weighted by Crippen LogP contribution is 2.37. The zero-order valence-corrected chi connectivity index (χ0v) is 12.2. The van der Waals surface area contributed by atoms with E-state index in [4.69, 9.17) is 10.5 Å². The smallest absolute Gasteiger partial charge is 0.179 e. The predicted octanol–water partition coefficient (Wildman–Crippen LogP) is 1.36. The number of nitrogens with zero attached hydrogens (tertiary/aromatic N) is 2. The van der Waals surface area contributed by atoms with Gasteiger partial charge in [0.2, 0.25) is 0 Å². The van der Waals surface area contributed by atoms with Crippen molar-refractivity contribution in [2.75, 3.05) is 19.1 Å². The molecule has 1 aromatic carbocycles. The fourth-order valence-electron chi connectivity index (χ4n) is 2.27. The van der Waals surface area contributed by atoms with E-state index in [1.165, 1.54) is 13.2 Å². The SMILES string of the molecule is CCn1c(C)nc2cc(S(C)(=O)=O)c(OC)c(N)c21. The number of aromatic nitrogens is 2. The van der Waals surface area contributed by atoms with Crippen LogP contribution in [0.4, 0.5) is 5.69 Å². The summed E-state index contributed by atoms with van der Waals surface area (Å²) >= 11 is 0. The molecule has 0 unspecified atom stereocenters. The molecule has 104 valence electrons. The van der Waals surface area contributed by atoms with Gasteiger partial charge in [0.05, 0.1) is 18.1 Å². The third-order valence-electron chi connectivity index (χ3n) is 3.10. The van der Waals surface area contributed by atoms with Crippen molar-refractivity contribution in [3.63, 3.8) is 0 Å². The molecule has 0 spiro atoms. The van der Waals surface area contributed by atoms with Crippen molar-refractivity contribution in [2.45, 2.75) is 25.3 Å². The van der Waals surface area contributed by atoms with Crippen molar-refractivity contribution in [1.29, 1.82) is 0 Å². The Kier molecular flexibility index (Phi) is 3.17. The molecule has 0 aliphatic rings. The van der Waals surface area contributed by atoms with Gasteiger partial charge in [-0.25, -0.2) is 13.4 Å². The van der Waals surface area contributed by atoms with Gasteiger partial charge in [-0.05, 0) is 19.9 Å². The molecule has 0 saturated heterocycles. The van der Waals surface area contributed by atoms with E-state index in [2.05, 4.69) is 4.98 Å². The summed E-state index contributed by atoms with van der Waals surface area (Å²) in [4.78, 5) is 4.43. The number of ether oxygens (including phenoxy) is 1. The highest BCUT2D eigenvalue weighted by molar-refractivity contribution is 7.90. The predicted molar refractivity (Wildman–Crippen MR) is 74.2 cm³/mol. The van der Waals surface area contributed by atoms with Gasteiger partial charge in [-0.2, -0.15) is 0 Å². The Balaban J connectivity index is 2.98. The average Bonchev–Trinajstić information content (AvgIpc) is 2.63. The van der Waals surface area contributed by atoms with Crippen LogP contribution in [0.25, 0.3) is 11.0 Å². The fourth-order valence-corrected chi connectivity index (χ4v) is 3.13. The van der Waals surface area contributed by atoms with E-state index in [1.807, 2.05) is 18.4 Å². The van der Waals surface area contributed by atoms with Crippen LogP contribution in [0.3, 0.4) is 0 Å². The molecule has 6 nitrogen and oxygen atoms in total. The Morgan fingerprint density at radius 3 is 2.58 bits per heavy atom. The first-order valence-corrected chi connectivity index (χ1v) is 7.73. The third-order valence-corrected chi connectivity index (χ3v) is 4.20. The van der Waals surface area contributed by atoms with Crippen LogP contribution in [-0.4, -0.2) is 31.3 Å². The lowest BCUT2D eigenvalue weighted by molar-refractivity contribution is 0.405. The number of methoxy groups -OCH3 is 1. The van der Waals surface area contributed by atoms with Crippen molar-refractivity contribution in [3.8, 4) is 5.75 Å². The summed E-state index contributed by atoms with van der Waals surface area (Å²) in [6.45, 7) is 4.54. The summed E-state index contributed by atoms with van der Waals surface area (Å²) in [6.07, 6.45) is 1.12. The summed E-state index contributed by atoms with van der Waals surface area (Å²) in [6, 6.07) is 1.51. The minimum atomic E-state index is -3.42. The lowest BCUT2D eigenvalue weighted by Crippen LogP contribution is -2.06. The topological polar surface area (TPSA) is 87.2 Å². The van der Waals surface area contributed by atoms with Crippen molar-refractivity contribution < 1.29 is 13.2 Å². The van der Waals surface area contributed by atoms with Crippen LogP contribution < -0.4 is 10.5 Å². The van der Waals surface area contributed by atoms with Crippen molar-refractivity contribution in [2.24, 2.45) is 0 Å². The molecule has 1 heterocycles. The molecule has 0 saturated carbocycles. The molecular weight excluding hydrogens is 266 g/mol. The van der Waals surface area contributed by atoms with Gasteiger partial charge in [-0.15, -0.1) is 0 Å². The second-order valence-corrected chi connectivity index (χ2v) is 6.35. The van der Waals surface area contributed by atoms with E-state index >= 15 is 0 Å². The molecule has 0 radical (unpaired) electrons. The quantitative estimate of drug-likeness (QED) is 0.859. The Hall–Kier alpha value is -1.76. The average molecular weight is 283 g/mol. The fraction of sp³-hybridized carbons (Fsp3) is 0.417. The van der Waals surface area contributed by atoms with Gasteiger partial charge in [-0.1, -0.05) is 0 Å². The largest absolute Gasteiger partial charge is 0.493 e. The number of sulfone groups is 1.